The predicted octanol–water partition coefficient (Wildman–Crippen LogP) is 1.98. The Morgan fingerprint density at radius 1 is 1.17 bits per heavy atom. The first-order chi connectivity index (χ1) is 21.7. The van der Waals surface area contributed by atoms with E-state index < -0.39 is 62.6 Å². The van der Waals surface area contributed by atoms with E-state index in [1.807, 2.05) is 6.07 Å². The number of ether oxygens (including phenoxy) is 2. The van der Waals surface area contributed by atoms with Crippen LogP contribution < -0.4 is 24.8 Å². The zero-order valence-electron chi connectivity index (χ0n) is 26.4. The Kier molecular flexibility index (Phi) is 10.4. The van der Waals surface area contributed by atoms with Gasteiger partial charge in [-0.1, -0.05) is 26.5 Å². The van der Waals surface area contributed by atoms with E-state index in [0.29, 0.717) is 29.9 Å². The van der Waals surface area contributed by atoms with Gasteiger partial charge in [-0.15, -0.1) is 6.58 Å². The van der Waals surface area contributed by atoms with Crippen LogP contribution in [0.4, 0.5) is 0 Å². The number of hydrogen-bond acceptors (Lipinski definition) is 9. The molecule has 0 spiro atoms. The van der Waals surface area contributed by atoms with E-state index in [2.05, 4.69) is 33.5 Å². The van der Waals surface area contributed by atoms with Crippen molar-refractivity contribution in [1.29, 1.82) is 0 Å². The lowest BCUT2D eigenvalue weighted by atomic mass is 9.96. The smallest absolute Gasteiger partial charge is 0.259 e. The van der Waals surface area contributed by atoms with Gasteiger partial charge >= 0.3 is 0 Å². The Morgan fingerprint density at radius 3 is 2.50 bits per heavy atom. The molecule has 1 saturated heterocycles. The number of sulfonamides is 1. The van der Waals surface area contributed by atoms with Gasteiger partial charge in [0.05, 0.1) is 18.9 Å². The molecule has 1 aliphatic heterocycles. The zero-order chi connectivity index (χ0) is 33.8. The molecule has 14 heteroatoms. The number of nitrogens with zero attached hydrogens (tertiary/aromatic N) is 2. The van der Waals surface area contributed by atoms with Gasteiger partial charge in [-0.05, 0) is 67.8 Å². The Balaban J connectivity index is 1.64. The molecular formula is C32H41N5O8S. The highest BCUT2D eigenvalue weighted by atomic mass is 32.2. The van der Waals surface area contributed by atoms with E-state index in [1.165, 1.54) is 17.9 Å². The van der Waals surface area contributed by atoms with Crippen molar-refractivity contribution in [1.82, 2.24) is 25.2 Å². The number of benzene rings is 1. The number of carbonyl (C=O) groups excluding carboxylic acids is 4. The van der Waals surface area contributed by atoms with Gasteiger partial charge in [0.1, 0.15) is 29.5 Å². The first-order valence-electron chi connectivity index (χ1n) is 15.0. The minimum atomic E-state index is -3.90. The first kappa shape index (κ1) is 34.4. The molecule has 4 amide bonds. The highest BCUT2D eigenvalue weighted by Gasteiger charge is 2.47. The van der Waals surface area contributed by atoms with Crippen LogP contribution in [-0.2, 0) is 29.2 Å². The summed E-state index contributed by atoms with van der Waals surface area (Å²) in [5.74, 6) is -2.10. The molecule has 1 aromatic heterocycles. The molecule has 1 aromatic carbocycles. The van der Waals surface area contributed by atoms with Crippen molar-refractivity contribution in [2.24, 2.45) is 5.92 Å². The van der Waals surface area contributed by atoms with Crippen LogP contribution in [0.5, 0.6) is 11.6 Å². The standard InChI is InChI=1S/C32H41N5O8S/c1-7-14-32(5,31(41)36-46(42,43)23-10-11-23)35-28(39)25-17-22(18-37(25)30(40)27(19(3)4)34-26(38)8-2)45-29-24-12-9-21(44-6)16-20(24)13-15-33-29/h7-9,12-13,15-16,19,22-23,25,27H,1-2,10-11,14,17-18H2,3-6H3,(H,34,38)(H,35,39)(H,36,41)/t22-,25+,27?,32+/m1/s1. The van der Waals surface area contributed by atoms with Crippen LogP contribution in [0.25, 0.3) is 10.8 Å². The number of rotatable bonds is 14. The molecule has 1 saturated carbocycles. The average Bonchev–Trinajstić information content (AvgIpc) is 3.80. The summed E-state index contributed by atoms with van der Waals surface area (Å²) in [6, 6.07) is 5.07. The second-order valence-electron chi connectivity index (χ2n) is 12.1. The third-order valence-electron chi connectivity index (χ3n) is 8.13. The van der Waals surface area contributed by atoms with Crippen LogP contribution in [0.3, 0.4) is 0 Å². The summed E-state index contributed by atoms with van der Waals surface area (Å²) in [4.78, 5) is 59.1. The van der Waals surface area contributed by atoms with Crippen molar-refractivity contribution in [2.75, 3.05) is 13.7 Å². The summed E-state index contributed by atoms with van der Waals surface area (Å²) >= 11 is 0. The van der Waals surface area contributed by atoms with Gasteiger partial charge in [0.2, 0.25) is 33.6 Å². The Morgan fingerprint density at radius 2 is 1.89 bits per heavy atom. The largest absolute Gasteiger partial charge is 0.497 e. The van der Waals surface area contributed by atoms with Crippen LogP contribution in [0.2, 0.25) is 0 Å². The summed E-state index contributed by atoms with van der Waals surface area (Å²) in [6.07, 6.45) is 4.17. The molecule has 2 aromatic rings. The van der Waals surface area contributed by atoms with Crippen LogP contribution in [-0.4, -0.2) is 84.6 Å². The summed E-state index contributed by atoms with van der Waals surface area (Å²) in [5, 5.41) is 6.18. The van der Waals surface area contributed by atoms with Gasteiger partial charge in [0, 0.05) is 18.0 Å². The summed E-state index contributed by atoms with van der Waals surface area (Å²) in [5.41, 5.74) is -1.70. The predicted molar refractivity (Wildman–Crippen MR) is 171 cm³/mol. The van der Waals surface area contributed by atoms with Crippen molar-refractivity contribution in [3.05, 3.63) is 55.8 Å². The van der Waals surface area contributed by atoms with Crippen molar-refractivity contribution in [3.63, 3.8) is 0 Å². The lowest BCUT2D eigenvalue weighted by Gasteiger charge is -2.33. The van der Waals surface area contributed by atoms with E-state index in [0.717, 1.165) is 11.5 Å². The summed E-state index contributed by atoms with van der Waals surface area (Å²) in [7, 11) is -2.34. The molecule has 4 rings (SSSR count). The van der Waals surface area contributed by atoms with Gasteiger partial charge in [0.15, 0.2) is 0 Å². The number of likely N-dealkylation sites (tertiary alicyclic amines) is 1. The number of pyridine rings is 1. The lowest BCUT2D eigenvalue weighted by molar-refractivity contribution is -0.143. The quantitative estimate of drug-likeness (QED) is 0.203. The number of carbonyl (C=O) groups is 4. The minimum Gasteiger partial charge on any atom is -0.497 e. The number of aromatic nitrogens is 1. The maximum Gasteiger partial charge on any atom is 0.259 e. The van der Waals surface area contributed by atoms with Crippen molar-refractivity contribution in [2.45, 2.75) is 75.4 Å². The van der Waals surface area contributed by atoms with Crippen LogP contribution in [0.1, 0.15) is 46.5 Å². The fourth-order valence-corrected chi connectivity index (χ4v) is 6.74. The second kappa shape index (κ2) is 13.9. The molecule has 2 fully saturated rings. The number of hydrogen-bond donors (Lipinski definition) is 3. The van der Waals surface area contributed by atoms with E-state index in [1.54, 1.807) is 45.4 Å². The fourth-order valence-electron chi connectivity index (χ4n) is 5.33. The Hall–Kier alpha value is -4.46. The van der Waals surface area contributed by atoms with Crippen LogP contribution in [0, 0.1) is 5.92 Å². The molecule has 2 heterocycles. The van der Waals surface area contributed by atoms with E-state index >= 15 is 0 Å². The fraction of sp³-hybridized carbons (Fsp3) is 0.469. The summed E-state index contributed by atoms with van der Waals surface area (Å²) in [6.45, 7) is 12.0. The SMILES string of the molecule is C=CC[C@](C)(NC(=O)[C@@H]1C[C@@H](Oc2nccc3cc(OC)ccc23)CN1C(=O)C(NC(=O)C=C)C(C)C)C(=O)NS(=O)(=O)C1CC1. The van der Waals surface area contributed by atoms with Gasteiger partial charge in [-0.3, -0.25) is 23.9 Å². The number of methoxy groups -OCH3 is 1. The zero-order valence-corrected chi connectivity index (χ0v) is 27.3. The molecule has 4 atom stereocenters. The Labute approximate surface area is 268 Å². The van der Waals surface area contributed by atoms with Crippen LogP contribution >= 0.6 is 0 Å². The normalized spacial score (nSPS) is 19.9. The van der Waals surface area contributed by atoms with Crippen LogP contribution in [0.15, 0.2) is 55.8 Å². The van der Waals surface area contributed by atoms with E-state index in [4.69, 9.17) is 9.47 Å². The van der Waals surface area contributed by atoms with Gasteiger partial charge in [0.25, 0.3) is 5.91 Å². The number of nitrogens with one attached hydrogen (secondary N) is 3. The highest BCUT2D eigenvalue weighted by Crippen LogP contribution is 2.31. The number of fused-ring (bicyclic) bond motifs is 1. The lowest BCUT2D eigenvalue weighted by Crippen LogP contribution is -2.62. The molecule has 0 bridgehead atoms. The molecule has 13 nitrogen and oxygen atoms in total. The maximum absolute atomic E-state index is 14.0. The monoisotopic (exact) mass is 655 g/mol. The van der Waals surface area contributed by atoms with Crippen molar-refractivity contribution >= 4 is 44.4 Å². The van der Waals surface area contributed by atoms with E-state index in [-0.39, 0.29) is 25.3 Å². The molecule has 1 unspecified atom stereocenters. The molecule has 248 valence electrons. The number of amides is 4. The van der Waals surface area contributed by atoms with Crippen molar-refractivity contribution in [3.8, 4) is 11.6 Å². The first-order valence-corrected chi connectivity index (χ1v) is 16.6. The minimum absolute atomic E-state index is 0.0260. The van der Waals surface area contributed by atoms with Gasteiger partial charge in [-0.2, -0.15) is 0 Å². The Bertz CT molecular complexity index is 1640. The molecular weight excluding hydrogens is 614 g/mol. The van der Waals surface area contributed by atoms with Crippen molar-refractivity contribution < 1.29 is 37.1 Å². The summed E-state index contributed by atoms with van der Waals surface area (Å²) < 4.78 is 38.8. The maximum atomic E-state index is 14.0. The van der Waals surface area contributed by atoms with E-state index in [9.17, 15) is 27.6 Å². The molecule has 46 heavy (non-hydrogen) atoms. The third kappa shape index (κ3) is 7.66. The molecule has 0 radical (unpaired) electrons. The second-order valence-corrected chi connectivity index (χ2v) is 14.1. The molecule has 2 aliphatic rings. The van der Waals surface area contributed by atoms with Gasteiger partial charge < -0.3 is 25.0 Å². The third-order valence-corrected chi connectivity index (χ3v) is 9.95. The molecule has 1 aliphatic carbocycles. The molecule has 3 N–H and O–H groups in total. The highest BCUT2D eigenvalue weighted by molar-refractivity contribution is 7.90. The topological polar surface area (TPSA) is 173 Å². The average molecular weight is 656 g/mol. The van der Waals surface area contributed by atoms with Gasteiger partial charge in [-0.25, -0.2) is 13.4 Å².